The van der Waals surface area contributed by atoms with Crippen molar-refractivity contribution < 1.29 is 14.3 Å². The van der Waals surface area contributed by atoms with Crippen molar-refractivity contribution in [2.75, 3.05) is 23.3 Å². The van der Waals surface area contributed by atoms with E-state index in [1.54, 1.807) is 12.4 Å². The van der Waals surface area contributed by atoms with E-state index >= 15 is 0 Å². The number of hydrogen-bond acceptors (Lipinski definition) is 7. The van der Waals surface area contributed by atoms with Gasteiger partial charge in [0.1, 0.15) is 16.9 Å². The lowest BCUT2D eigenvalue weighted by Crippen LogP contribution is -2.49. The Morgan fingerprint density at radius 1 is 1.16 bits per heavy atom. The van der Waals surface area contributed by atoms with Crippen molar-refractivity contribution in [2.45, 2.75) is 45.3 Å². The van der Waals surface area contributed by atoms with Gasteiger partial charge >= 0.3 is 6.09 Å². The Morgan fingerprint density at radius 3 is 2.73 bits per heavy atom. The molecule has 3 N–H and O–H groups in total. The second-order valence-electron chi connectivity index (χ2n) is 10.0. The summed E-state index contributed by atoms with van der Waals surface area (Å²) >= 11 is 3.66. The number of aromatic amines is 1. The van der Waals surface area contributed by atoms with E-state index in [0.29, 0.717) is 23.4 Å². The normalized spacial score (nSPS) is 16.1. The van der Waals surface area contributed by atoms with E-state index in [0.717, 1.165) is 40.4 Å². The molecule has 1 aliphatic rings. The highest BCUT2D eigenvalue weighted by Gasteiger charge is 2.28. The summed E-state index contributed by atoms with van der Waals surface area (Å²) in [5, 5.41) is 6.74. The highest BCUT2D eigenvalue weighted by Crippen LogP contribution is 2.39. The molecule has 3 aromatic heterocycles. The van der Waals surface area contributed by atoms with Gasteiger partial charge in [0.25, 0.3) is 5.91 Å². The van der Waals surface area contributed by atoms with Crippen molar-refractivity contribution in [3.63, 3.8) is 0 Å². The summed E-state index contributed by atoms with van der Waals surface area (Å²) in [7, 11) is 0. The number of para-hydroxylation sites is 2. The smallest absolute Gasteiger partial charge is 0.407 e. The number of amides is 2. The Kier molecular flexibility index (Phi) is 6.72. The fourth-order valence-corrected chi connectivity index (χ4v) is 5.04. The Morgan fingerprint density at radius 2 is 1.95 bits per heavy atom. The van der Waals surface area contributed by atoms with Crippen LogP contribution in [-0.2, 0) is 4.74 Å². The summed E-state index contributed by atoms with van der Waals surface area (Å²) in [5.41, 5.74) is 3.14. The Balaban J connectivity index is 1.41. The van der Waals surface area contributed by atoms with Gasteiger partial charge in [0.15, 0.2) is 0 Å². The van der Waals surface area contributed by atoms with Gasteiger partial charge in [-0.05, 0) is 61.7 Å². The number of carbonyl (C=O) groups excluding carboxylic acids is 2. The highest BCUT2D eigenvalue weighted by atomic mass is 79.9. The van der Waals surface area contributed by atoms with Crippen LogP contribution in [0, 0.1) is 0 Å². The van der Waals surface area contributed by atoms with Crippen LogP contribution in [0.5, 0.6) is 0 Å². The minimum Gasteiger partial charge on any atom is -0.444 e. The van der Waals surface area contributed by atoms with E-state index in [4.69, 9.17) is 4.74 Å². The average molecular weight is 566 g/mol. The first kappa shape index (κ1) is 24.9. The van der Waals surface area contributed by atoms with Crippen molar-refractivity contribution in [1.82, 2.24) is 25.3 Å². The lowest BCUT2D eigenvalue weighted by atomic mass is 10.0. The summed E-state index contributed by atoms with van der Waals surface area (Å²) in [6, 6.07) is 7.33. The maximum atomic E-state index is 13.1. The first-order valence-corrected chi connectivity index (χ1v) is 12.9. The van der Waals surface area contributed by atoms with E-state index in [1.807, 2.05) is 45.0 Å². The van der Waals surface area contributed by atoms with E-state index < -0.39 is 11.7 Å². The number of anilines is 2. The molecule has 0 aliphatic carbocycles. The third-order valence-corrected chi connectivity index (χ3v) is 6.60. The second kappa shape index (κ2) is 9.97. The van der Waals surface area contributed by atoms with E-state index in [2.05, 4.69) is 51.4 Å². The maximum Gasteiger partial charge on any atom is 0.407 e. The first-order chi connectivity index (χ1) is 17.7. The predicted octanol–water partition coefficient (Wildman–Crippen LogP) is 5.01. The number of halogens is 1. The van der Waals surface area contributed by atoms with Crippen molar-refractivity contribution in [3.05, 3.63) is 53.0 Å². The number of nitrogens with zero attached hydrogens (tertiary/aromatic N) is 4. The molecule has 1 aromatic carbocycles. The van der Waals surface area contributed by atoms with E-state index in [1.165, 1.54) is 6.20 Å². The van der Waals surface area contributed by atoms with Crippen LogP contribution in [-0.4, -0.2) is 56.7 Å². The molecule has 4 aromatic rings. The molecule has 1 atom stereocenters. The SMILES string of the molecule is CC(C)(C)OC(=O)N[C@@H]1CCCN(c2c(Br)cnc3[nH]cc(NC(=O)c4cnc5ccccc5n4)c23)C1. The topological polar surface area (TPSA) is 125 Å². The van der Waals surface area contributed by atoms with Crippen molar-refractivity contribution in [2.24, 2.45) is 0 Å². The predicted molar refractivity (Wildman–Crippen MR) is 146 cm³/mol. The van der Waals surface area contributed by atoms with Crippen LogP contribution in [0.25, 0.3) is 22.1 Å². The molecule has 5 rings (SSSR count). The van der Waals surface area contributed by atoms with Gasteiger partial charge in [-0.2, -0.15) is 0 Å². The number of ether oxygens (including phenoxy) is 1. The van der Waals surface area contributed by atoms with Crippen molar-refractivity contribution in [3.8, 4) is 0 Å². The van der Waals surface area contributed by atoms with Gasteiger partial charge in [-0.15, -0.1) is 0 Å². The molecule has 0 spiro atoms. The van der Waals surface area contributed by atoms with Gasteiger partial charge < -0.3 is 25.3 Å². The summed E-state index contributed by atoms with van der Waals surface area (Å²) in [6.07, 6.45) is 6.23. The number of pyridine rings is 1. The van der Waals surface area contributed by atoms with Gasteiger partial charge in [-0.3, -0.25) is 9.78 Å². The van der Waals surface area contributed by atoms with Crippen LogP contribution in [0.3, 0.4) is 0 Å². The molecule has 192 valence electrons. The maximum absolute atomic E-state index is 13.1. The number of alkyl carbamates (subject to hydrolysis) is 1. The number of aromatic nitrogens is 4. The molecular formula is C26H28BrN7O3. The molecule has 0 saturated carbocycles. The molecule has 4 heterocycles. The number of nitrogens with one attached hydrogen (secondary N) is 3. The van der Waals surface area contributed by atoms with Gasteiger partial charge in [0.2, 0.25) is 0 Å². The number of H-pyrrole nitrogens is 1. The molecule has 10 nitrogen and oxygen atoms in total. The number of fused-ring (bicyclic) bond motifs is 2. The minimum atomic E-state index is -0.563. The van der Waals surface area contributed by atoms with Gasteiger partial charge in [-0.1, -0.05) is 12.1 Å². The number of benzene rings is 1. The first-order valence-electron chi connectivity index (χ1n) is 12.1. The number of rotatable bonds is 4. The largest absolute Gasteiger partial charge is 0.444 e. The summed E-state index contributed by atoms with van der Waals surface area (Å²) in [4.78, 5) is 44.1. The number of carbonyl (C=O) groups is 2. The second-order valence-corrected chi connectivity index (χ2v) is 10.9. The Hall–Kier alpha value is -3.73. The molecule has 1 aliphatic heterocycles. The Labute approximate surface area is 222 Å². The zero-order valence-electron chi connectivity index (χ0n) is 20.8. The molecule has 11 heteroatoms. The molecule has 2 amide bonds. The fourth-order valence-electron chi connectivity index (χ4n) is 4.49. The number of hydrogen-bond donors (Lipinski definition) is 3. The molecule has 0 unspecified atom stereocenters. The Bertz CT molecular complexity index is 1480. The monoisotopic (exact) mass is 565 g/mol. The lowest BCUT2D eigenvalue weighted by Gasteiger charge is -2.36. The zero-order valence-corrected chi connectivity index (χ0v) is 22.4. The van der Waals surface area contributed by atoms with Gasteiger partial charge in [0.05, 0.1) is 38.5 Å². The van der Waals surface area contributed by atoms with Crippen LogP contribution < -0.4 is 15.5 Å². The quantitative estimate of drug-likeness (QED) is 0.317. The van der Waals surface area contributed by atoms with Gasteiger partial charge in [-0.25, -0.2) is 14.8 Å². The fraction of sp³-hybridized carbons (Fsp3) is 0.346. The minimum absolute atomic E-state index is 0.0800. The molecule has 1 fully saturated rings. The summed E-state index contributed by atoms with van der Waals surface area (Å²) in [5.74, 6) is -0.367. The number of piperidine rings is 1. The van der Waals surface area contributed by atoms with Crippen LogP contribution in [0.4, 0.5) is 16.2 Å². The summed E-state index contributed by atoms with van der Waals surface area (Å²) in [6.45, 7) is 6.91. The highest BCUT2D eigenvalue weighted by molar-refractivity contribution is 9.10. The third kappa shape index (κ3) is 5.51. The van der Waals surface area contributed by atoms with Crippen LogP contribution in [0.2, 0.25) is 0 Å². The van der Waals surface area contributed by atoms with Crippen LogP contribution >= 0.6 is 15.9 Å². The average Bonchev–Trinajstić information content (AvgIpc) is 3.25. The third-order valence-electron chi connectivity index (χ3n) is 6.02. The van der Waals surface area contributed by atoms with Gasteiger partial charge in [0, 0.05) is 31.5 Å². The van der Waals surface area contributed by atoms with Crippen LogP contribution in [0.1, 0.15) is 44.1 Å². The van der Waals surface area contributed by atoms with Crippen molar-refractivity contribution in [1.29, 1.82) is 0 Å². The molecular weight excluding hydrogens is 538 g/mol. The van der Waals surface area contributed by atoms with E-state index in [9.17, 15) is 9.59 Å². The molecule has 0 bridgehead atoms. The summed E-state index contributed by atoms with van der Waals surface area (Å²) < 4.78 is 6.23. The molecule has 1 saturated heterocycles. The molecule has 0 radical (unpaired) electrons. The van der Waals surface area contributed by atoms with Crippen molar-refractivity contribution >= 4 is 61.4 Å². The molecule has 37 heavy (non-hydrogen) atoms. The zero-order chi connectivity index (χ0) is 26.2. The lowest BCUT2D eigenvalue weighted by molar-refractivity contribution is 0.0500. The standard InChI is InChI=1S/C26H28BrN7O3/c1-26(2,3)37-25(36)31-15-7-6-10-34(14-15)22-16(27)11-29-23-21(22)19(12-30-23)33-24(35)20-13-28-17-8-4-5-9-18(17)32-20/h4-5,8-9,11-13,15H,6-7,10,14H2,1-3H3,(H,29,30)(H,31,36)(H,33,35)/t15-/m1/s1. The van der Waals surface area contributed by atoms with Crippen LogP contribution in [0.15, 0.2) is 47.3 Å². The van der Waals surface area contributed by atoms with E-state index in [-0.39, 0.29) is 17.6 Å².